The second-order valence-electron chi connectivity index (χ2n) is 9.77. The molecule has 2 aliphatic rings. The lowest BCUT2D eigenvalue weighted by Gasteiger charge is -2.27. The molecular weight excluding hydrogens is 545 g/mol. The summed E-state index contributed by atoms with van der Waals surface area (Å²) in [6.45, 7) is 5.23. The molecule has 0 saturated carbocycles. The predicted molar refractivity (Wildman–Crippen MR) is 156 cm³/mol. The molecule has 0 atom stereocenters. The second-order valence-corrected chi connectivity index (χ2v) is 10.7. The summed E-state index contributed by atoms with van der Waals surface area (Å²) in [6, 6.07) is 9.56. The molecule has 0 aliphatic carbocycles. The van der Waals surface area contributed by atoms with Gasteiger partial charge in [0.1, 0.15) is 23.7 Å². The van der Waals surface area contributed by atoms with Crippen LogP contribution in [0.4, 0.5) is 16.0 Å². The van der Waals surface area contributed by atoms with Crippen molar-refractivity contribution in [1.82, 2.24) is 29.1 Å². The van der Waals surface area contributed by atoms with Crippen molar-refractivity contribution in [3.8, 4) is 23.3 Å². The average molecular weight is 574 g/mol. The minimum atomic E-state index is -0.680. The van der Waals surface area contributed by atoms with Gasteiger partial charge in [-0.05, 0) is 43.2 Å². The topological polar surface area (TPSA) is 124 Å². The summed E-state index contributed by atoms with van der Waals surface area (Å²) in [7, 11) is 0. The van der Waals surface area contributed by atoms with Gasteiger partial charge in [-0.15, -0.1) is 0 Å². The maximum absolute atomic E-state index is 14.9. The maximum Gasteiger partial charge on any atom is 0.266 e. The van der Waals surface area contributed by atoms with Crippen molar-refractivity contribution in [3.05, 3.63) is 70.8 Å². The van der Waals surface area contributed by atoms with E-state index in [1.54, 1.807) is 24.5 Å². The number of piperazine rings is 1. The van der Waals surface area contributed by atoms with Crippen LogP contribution in [0.25, 0.3) is 16.6 Å². The molecule has 0 spiro atoms. The first-order valence-corrected chi connectivity index (χ1v) is 14.3. The number of fused-ring (bicyclic) bond motifs is 1. The Kier molecular flexibility index (Phi) is 7.95. The summed E-state index contributed by atoms with van der Waals surface area (Å²) >= 11 is 1.40. The fourth-order valence-electron chi connectivity index (χ4n) is 4.86. The third-order valence-electron chi connectivity index (χ3n) is 7.07. The van der Waals surface area contributed by atoms with Gasteiger partial charge < -0.3 is 19.7 Å². The summed E-state index contributed by atoms with van der Waals surface area (Å²) in [5, 5.41) is 13.4. The molecule has 210 valence electrons. The number of hydrogen-bond acceptors (Lipinski definition) is 11. The van der Waals surface area contributed by atoms with Crippen molar-refractivity contribution in [2.45, 2.75) is 19.3 Å². The second kappa shape index (κ2) is 12.1. The first-order valence-electron chi connectivity index (χ1n) is 13.5. The number of hydrogen-bond donors (Lipinski definition) is 2. The molecule has 11 nitrogen and oxygen atoms in total. The van der Waals surface area contributed by atoms with Crippen molar-refractivity contribution in [2.75, 3.05) is 48.9 Å². The number of nitrogens with one attached hydrogen (secondary N) is 2. The van der Waals surface area contributed by atoms with E-state index in [2.05, 4.69) is 40.3 Å². The van der Waals surface area contributed by atoms with Gasteiger partial charge in [0.2, 0.25) is 5.95 Å². The Labute approximate surface area is 240 Å². The van der Waals surface area contributed by atoms with Gasteiger partial charge in [-0.25, -0.2) is 23.6 Å². The van der Waals surface area contributed by atoms with Crippen LogP contribution in [0, 0.1) is 17.1 Å². The molecule has 0 radical (unpaired) electrons. The Bertz CT molecular complexity index is 1650. The molecule has 2 aromatic carbocycles. The van der Waals surface area contributed by atoms with Crippen molar-refractivity contribution in [3.63, 3.8) is 0 Å². The number of aromatic nitrogens is 4. The van der Waals surface area contributed by atoms with E-state index in [9.17, 15) is 14.4 Å². The zero-order valence-electron chi connectivity index (χ0n) is 22.2. The highest BCUT2D eigenvalue weighted by Crippen LogP contribution is 2.35. The van der Waals surface area contributed by atoms with Crippen molar-refractivity contribution < 1.29 is 9.13 Å². The quantitative estimate of drug-likeness (QED) is 0.313. The number of piperidine rings is 1. The lowest BCUT2D eigenvalue weighted by Crippen LogP contribution is -2.44. The molecule has 2 fully saturated rings. The molecule has 0 amide bonds. The number of rotatable bonds is 7. The van der Waals surface area contributed by atoms with Crippen LogP contribution in [0.15, 0.2) is 53.8 Å². The predicted octanol–water partition coefficient (Wildman–Crippen LogP) is 3.85. The van der Waals surface area contributed by atoms with Gasteiger partial charge in [0.05, 0.1) is 34.7 Å². The van der Waals surface area contributed by atoms with E-state index in [1.807, 2.05) is 0 Å². The third kappa shape index (κ3) is 5.81. The van der Waals surface area contributed by atoms with Gasteiger partial charge in [0.25, 0.3) is 5.56 Å². The number of halogens is 1. The Morgan fingerprint density at radius 1 is 1.02 bits per heavy atom. The first-order chi connectivity index (χ1) is 20.1. The summed E-state index contributed by atoms with van der Waals surface area (Å²) < 4.78 is 27.5. The van der Waals surface area contributed by atoms with Gasteiger partial charge >= 0.3 is 0 Å². The molecular formula is C28H28FN9O2S. The SMILES string of the molecule is N#Cc1c(NSN2CCCCC2)ccc(F)c1Oc1ccc2ncn(-c3cnc(N4CCNCC4)nc3)c(=O)c2c1. The minimum absolute atomic E-state index is 0.0416. The van der Waals surface area contributed by atoms with Crippen molar-refractivity contribution in [1.29, 1.82) is 5.26 Å². The van der Waals surface area contributed by atoms with Crippen molar-refractivity contribution in [2.24, 2.45) is 0 Å². The zero-order chi connectivity index (χ0) is 28.2. The van der Waals surface area contributed by atoms with E-state index in [0.29, 0.717) is 22.8 Å². The molecule has 41 heavy (non-hydrogen) atoms. The van der Waals surface area contributed by atoms with Crippen LogP contribution in [0.1, 0.15) is 24.8 Å². The van der Waals surface area contributed by atoms with E-state index in [4.69, 9.17) is 4.74 Å². The Balaban J connectivity index is 1.26. The van der Waals surface area contributed by atoms with E-state index in [0.717, 1.165) is 52.1 Å². The standard InChI is InChI=1S/C28H28FN9O2S/c29-23-5-7-25(35-41-37-10-2-1-3-11-37)22(15-30)26(23)40-20-4-6-24-21(14-20)27(39)38(18-34-24)19-16-32-28(33-17-19)36-12-8-31-9-13-36/h4-7,14,16-18,31,35H,1-3,8-13H2. The smallest absolute Gasteiger partial charge is 0.266 e. The molecule has 2 saturated heterocycles. The monoisotopic (exact) mass is 573 g/mol. The molecule has 2 aromatic heterocycles. The fourth-order valence-corrected chi connectivity index (χ4v) is 5.69. The van der Waals surface area contributed by atoms with E-state index in [1.165, 1.54) is 47.6 Å². The van der Waals surface area contributed by atoms with Gasteiger partial charge in [0, 0.05) is 51.4 Å². The average Bonchev–Trinajstić information content (AvgIpc) is 3.03. The highest BCUT2D eigenvalue weighted by atomic mass is 32.2. The molecule has 6 rings (SSSR count). The van der Waals surface area contributed by atoms with Crippen LogP contribution in [-0.4, -0.2) is 63.1 Å². The summed E-state index contributed by atoms with van der Waals surface area (Å²) in [6.07, 6.45) is 8.05. The number of nitrogens with zero attached hydrogens (tertiary/aromatic N) is 7. The number of nitriles is 1. The van der Waals surface area contributed by atoms with E-state index in [-0.39, 0.29) is 28.0 Å². The molecule has 2 N–H and O–H groups in total. The molecule has 13 heteroatoms. The normalized spacial score (nSPS) is 16.0. The van der Waals surface area contributed by atoms with Crippen LogP contribution in [0.2, 0.25) is 0 Å². The van der Waals surface area contributed by atoms with Gasteiger partial charge in [-0.3, -0.25) is 9.36 Å². The zero-order valence-corrected chi connectivity index (χ0v) is 23.0. The van der Waals surface area contributed by atoms with Crippen LogP contribution in [0.5, 0.6) is 11.5 Å². The van der Waals surface area contributed by atoms with Crippen LogP contribution >= 0.6 is 12.1 Å². The molecule has 0 bridgehead atoms. The lowest BCUT2D eigenvalue weighted by molar-refractivity contribution is 0.381. The van der Waals surface area contributed by atoms with E-state index >= 15 is 0 Å². The fraction of sp³-hybridized carbons (Fsp3) is 0.321. The van der Waals surface area contributed by atoms with Gasteiger partial charge in [0.15, 0.2) is 11.6 Å². The van der Waals surface area contributed by atoms with Gasteiger partial charge in [-0.2, -0.15) is 5.26 Å². The number of anilines is 2. The van der Waals surface area contributed by atoms with Crippen molar-refractivity contribution >= 4 is 34.7 Å². The van der Waals surface area contributed by atoms with Crippen LogP contribution in [-0.2, 0) is 0 Å². The largest absolute Gasteiger partial charge is 0.453 e. The Hall–Kier alpha value is -4.25. The molecule has 0 unspecified atom stereocenters. The minimum Gasteiger partial charge on any atom is -0.453 e. The molecule has 4 heterocycles. The lowest BCUT2D eigenvalue weighted by atomic mass is 10.1. The van der Waals surface area contributed by atoms with Crippen LogP contribution < -0.4 is 25.2 Å². The Morgan fingerprint density at radius 3 is 2.56 bits per heavy atom. The Morgan fingerprint density at radius 2 is 1.80 bits per heavy atom. The molecule has 2 aliphatic heterocycles. The van der Waals surface area contributed by atoms with Crippen LogP contribution in [0.3, 0.4) is 0 Å². The van der Waals surface area contributed by atoms with Gasteiger partial charge in [-0.1, -0.05) is 6.42 Å². The highest BCUT2D eigenvalue weighted by molar-refractivity contribution is 7.98. The summed E-state index contributed by atoms with van der Waals surface area (Å²) in [4.78, 5) is 28.8. The number of benzene rings is 2. The molecule has 4 aromatic rings. The third-order valence-corrected chi connectivity index (χ3v) is 8.01. The maximum atomic E-state index is 14.9. The summed E-state index contributed by atoms with van der Waals surface area (Å²) in [5.74, 6) is -0.0810. The number of ether oxygens (including phenoxy) is 1. The summed E-state index contributed by atoms with van der Waals surface area (Å²) in [5.41, 5.74) is 1.06. The highest BCUT2D eigenvalue weighted by Gasteiger charge is 2.19. The van der Waals surface area contributed by atoms with E-state index < -0.39 is 5.82 Å². The first kappa shape index (κ1) is 26.9.